The van der Waals surface area contributed by atoms with Gasteiger partial charge in [0.1, 0.15) is 5.01 Å². The summed E-state index contributed by atoms with van der Waals surface area (Å²) in [6, 6.07) is 7.73. The van der Waals surface area contributed by atoms with Gasteiger partial charge in [-0.3, -0.25) is 9.69 Å². The van der Waals surface area contributed by atoms with Crippen LogP contribution in [0.4, 0.5) is 5.13 Å². The fraction of sp³-hybridized carbons (Fsp3) is 0.471. The lowest BCUT2D eigenvalue weighted by atomic mass is 10.2. The maximum atomic E-state index is 10.8. The van der Waals surface area contributed by atoms with Gasteiger partial charge in [-0.15, -0.1) is 10.2 Å². The maximum absolute atomic E-state index is 10.8. The first-order valence-electron chi connectivity index (χ1n) is 8.33. The number of nitrogens with zero attached hydrogens (tertiary/aromatic N) is 4. The summed E-state index contributed by atoms with van der Waals surface area (Å²) in [7, 11) is 1.78. The minimum atomic E-state index is -0.837. The Morgan fingerprint density at radius 3 is 2.92 bits per heavy atom. The summed E-state index contributed by atoms with van der Waals surface area (Å²) in [5, 5.41) is 20.0. The van der Waals surface area contributed by atoms with E-state index in [4.69, 9.17) is 21.4 Å². The molecule has 0 bridgehead atoms. The third kappa shape index (κ3) is 5.38. The molecule has 0 aliphatic carbocycles. The standard InChI is InChI=1S/C17H21ClN4O3S/c1-21(11-16(23)24)9-14-10-22(6-7-25-14)17-20-19-15(26-17)8-12-2-4-13(18)5-3-12/h2-5,14H,6-11H2,1H3,(H,23,24). The van der Waals surface area contributed by atoms with Gasteiger partial charge in [0.2, 0.25) is 5.13 Å². The van der Waals surface area contributed by atoms with Gasteiger partial charge < -0.3 is 14.7 Å². The molecule has 1 aromatic carbocycles. The second-order valence-electron chi connectivity index (χ2n) is 6.31. The normalized spacial score (nSPS) is 17.7. The van der Waals surface area contributed by atoms with Crippen molar-refractivity contribution in [2.24, 2.45) is 0 Å². The highest BCUT2D eigenvalue weighted by molar-refractivity contribution is 7.15. The third-order valence-corrected chi connectivity index (χ3v) is 5.29. The van der Waals surface area contributed by atoms with Gasteiger partial charge in [0.25, 0.3) is 0 Å². The van der Waals surface area contributed by atoms with Crippen molar-refractivity contribution in [1.29, 1.82) is 0 Å². The summed E-state index contributed by atoms with van der Waals surface area (Å²) < 4.78 is 5.76. The van der Waals surface area contributed by atoms with Gasteiger partial charge in [-0.2, -0.15) is 0 Å². The molecule has 1 aromatic heterocycles. The molecule has 1 atom stereocenters. The Labute approximate surface area is 161 Å². The number of anilines is 1. The van der Waals surface area contributed by atoms with Crippen LogP contribution in [-0.2, 0) is 16.0 Å². The molecule has 1 saturated heterocycles. The molecule has 1 unspecified atom stereocenters. The van der Waals surface area contributed by atoms with Crippen LogP contribution in [0.15, 0.2) is 24.3 Å². The Hall–Kier alpha value is -1.74. The van der Waals surface area contributed by atoms with Gasteiger partial charge in [0.15, 0.2) is 0 Å². The van der Waals surface area contributed by atoms with Crippen LogP contribution in [0.2, 0.25) is 5.02 Å². The van der Waals surface area contributed by atoms with Crippen molar-refractivity contribution in [1.82, 2.24) is 15.1 Å². The lowest BCUT2D eigenvalue weighted by molar-refractivity contribution is -0.138. The van der Waals surface area contributed by atoms with Crippen LogP contribution >= 0.6 is 22.9 Å². The van der Waals surface area contributed by atoms with Crippen molar-refractivity contribution in [2.45, 2.75) is 12.5 Å². The zero-order chi connectivity index (χ0) is 18.5. The zero-order valence-corrected chi connectivity index (χ0v) is 16.0. The van der Waals surface area contributed by atoms with E-state index < -0.39 is 5.97 Å². The van der Waals surface area contributed by atoms with E-state index in [9.17, 15) is 4.79 Å². The summed E-state index contributed by atoms with van der Waals surface area (Å²) in [5.74, 6) is -0.837. The maximum Gasteiger partial charge on any atom is 0.317 e. The summed E-state index contributed by atoms with van der Waals surface area (Å²) in [5.41, 5.74) is 1.15. The molecule has 1 aliphatic heterocycles. The lowest BCUT2D eigenvalue weighted by Gasteiger charge is -2.34. The average molecular weight is 397 g/mol. The Balaban J connectivity index is 1.57. The van der Waals surface area contributed by atoms with Crippen molar-refractivity contribution in [3.05, 3.63) is 39.9 Å². The molecule has 1 N–H and O–H groups in total. The summed E-state index contributed by atoms with van der Waals surface area (Å²) >= 11 is 7.50. The monoisotopic (exact) mass is 396 g/mol. The van der Waals surface area contributed by atoms with Crippen LogP contribution in [0.1, 0.15) is 10.6 Å². The van der Waals surface area contributed by atoms with E-state index in [1.54, 1.807) is 23.3 Å². The van der Waals surface area contributed by atoms with Crippen molar-refractivity contribution in [3.63, 3.8) is 0 Å². The number of carboxylic acid groups (broad SMARTS) is 1. The predicted octanol–water partition coefficient (Wildman–Crippen LogP) is 2.00. The van der Waals surface area contributed by atoms with Gasteiger partial charge in [-0.25, -0.2) is 0 Å². The number of aromatic nitrogens is 2. The van der Waals surface area contributed by atoms with E-state index in [1.165, 1.54) is 0 Å². The van der Waals surface area contributed by atoms with E-state index >= 15 is 0 Å². The number of halogens is 1. The van der Waals surface area contributed by atoms with E-state index in [1.807, 2.05) is 24.3 Å². The van der Waals surface area contributed by atoms with Gasteiger partial charge >= 0.3 is 5.97 Å². The quantitative estimate of drug-likeness (QED) is 0.766. The van der Waals surface area contributed by atoms with Crippen molar-refractivity contribution in [2.75, 3.05) is 44.7 Å². The second-order valence-corrected chi connectivity index (χ2v) is 7.79. The molecular formula is C17H21ClN4O3S. The lowest BCUT2D eigenvalue weighted by Crippen LogP contribution is -2.47. The zero-order valence-electron chi connectivity index (χ0n) is 14.5. The molecule has 7 nitrogen and oxygen atoms in total. The Kier molecular flexibility index (Phi) is 6.42. The summed E-state index contributed by atoms with van der Waals surface area (Å²) in [6.45, 7) is 2.61. The van der Waals surface area contributed by atoms with Crippen LogP contribution in [0.3, 0.4) is 0 Å². The van der Waals surface area contributed by atoms with E-state index in [0.29, 0.717) is 19.7 Å². The number of hydrogen-bond acceptors (Lipinski definition) is 7. The first kappa shape index (κ1) is 19.0. The largest absolute Gasteiger partial charge is 0.480 e. The fourth-order valence-electron chi connectivity index (χ4n) is 2.87. The molecule has 3 rings (SSSR count). The molecule has 140 valence electrons. The highest BCUT2D eigenvalue weighted by Crippen LogP contribution is 2.24. The minimum Gasteiger partial charge on any atom is -0.480 e. The first-order valence-corrected chi connectivity index (χ1v) is 9.53. The molecule has 1 fully saturated rings. The van der Waals surface area contributed by atoms with E-state index in [2.05, 4.69) is 15.1 Å². The number of aliphatic carboxylic acids is 1. The highest BCUT2D eigenvalue weighted by atomic mass is 35.5. The molecule has 9 heteroatoms. The van der Waals surface area contributed by atoms with Crippen molar-refractivity contribution in [3.8, 4) is 0 Å². The fourth-order valence-corrected chi connectivity index (χ4v) is 3.90. The SMILES string of the molecule is CN(CC(=O)O)CC1CN(c2nnc(Cc3ccc(Cl)cc3)s2)CCO1. The van der Waals surface area contributed by atoms with Crippen LogP contribution in [0.25, 0.3) is 0 Å². The number of carbonyl (C=O) groups is 1. The van der Waals surface area contributed by atoms with Gasteiger partial charge in [-0.05, 0) is 24.7 Å². The number of ether oxygens (including phenoxy) is 1. The molecule has 0 radical (unpaired) electrons. The molecule has 2 heterocycles. The first-order chi connectivity index (χ1) is 12.5. The van der Waals surface area contributed by atoms with Crippen LogP contribution < -0.4 is 4.90 Å². The molecule has 1 aliphatic rings. The van der Waals surface area contributed by atoms with E-state index in [0.717, 1.165) is 33.7 Å². The third-order valence-electron chi connectivity index (χ3n) is 4.05. The Morgan fingerprint density at radius 1 is 1.42 bits per heavy atom. The number of hydrogen-bond donors (Lipinski definition) is 1. The second kappa shape index (κ2) is 8.77. The Bertz CT molecular complexity index is 740. The van der Waals surface area contributed by atoms with Crippen molar-refractivity contribution >= 4 is 34.0 Å². The van der Waals surface area contributed by atoms with Gasteiger partial charge in [0, 0.05) is 31.1 Å². The van der Waals surface area contributed by atoms with Crippen LogP contribution in [0, 0.1) is 0 Å². The topological polar surface area (TPSA) is 78.8 Å². The van der Waals surface area contributed by atoms with Crippen molar-refractivity contribution < 1.29 is 14.6 Å². The number of likely N-dealkylation sites (N-methyl/N-ethyl adjacent to an activating group) is 1. The number of benzene rings is 1. The summed E-state index contributed by atoms with van der Waals surface area (Å²) in [6.07, 6.45) is 0.681. The average Bonchev–Trinajstić information content (AvgIpc) is 3.05. The van der Waals surface area contributed by atoms with E-state index in [-0.39, 0.29) is 12.6 Å². The molecule has 26 heavy (non-hydrogen) atoms. The van der Waals surface area contributed by atoms with Crippen LogP contribution in [0.5, 0.6) is 0 Å². The highest BCUT2D eigenvalue weighted by Gasteiger charge is 2.24. The summed E-state index contributed by atoms with van der Waals surface area (Å²) in [4.78, 5) is 14.7. The molecule has 0 saturated carbocycles. The van der Waals surface area contributed by atoms with Crippen LogP contribution in [-0.4, -0.2) is 72.1 Å². The van der Waals surface area contributed by atoms with Gasteiger partial charge in [0.05, 0.1) is 19.3 Å². The van der Waals surface area contributed by atoms with Gasteiger partial charge in [-0.1, -0.05) is 35.1 Å². The molecule has 0 amide bonds. The number of rotatable bonds is 7. The number of morpholine rings is 1. The molecule has 2 aromatic rings. The molecular weight excluding hydrogens is 376 g/mol. The Morgan fingerprint density at radius 2 is 2.19 bits per heavy atom. The smallest absolute Gasteiger partial charge is 0.317 e. The minimum absolute atomic E-state index is 0.00388. The molecule has 0 spiro atoms. The number of carboxylic acids is 1. The predicted molar refractivity (Wildman–Crippen MR) is 101 cm³/mol.